The van der Waals surface area contributed by atoms with Gasteiger partial charge in [-0.1, -0.05) is 19.4 Å². The van der Waals surface area contributed by atoms with Gasteiger partial charge in [-0.25, -0.2) is 14.5 Å². The van der Waals surface area contributed by atoms with Gasteiger partial charge in [0.2, 0.25) is 0 Å². The molecule has 0 radical (unpaired) electrons. The van der Waals surface area contributed by atoms with Crippen molar-refractivity contribution < 1.29 is 4.79 Å². The Morgan fingerprint density at radius 1 is 1.37 bits per heavy atom. The van der Waals surface area contributed by atoms with Crippen molar-refractivity contribution in [2.24, 2.45) is 0 Å². The number of aromatic amines is 1. The van der Waals surface area contributed by atoms with Crippen molar-refractivity contribution in [1.82, 2.24) is 29.6 Å². The average Bonchev–Trinajstić information content (AvgIpc) is 3.35. The first-order valence-electron chi connectivity index (χ1n) is 9.29. The van der Waals surface area contributed by atoms with Gasteiger partial charge in [0.1, 0.15) is 11.9 Å². The fourth-order valence-electron chi connectivity index (χ4n) is 3.48. The molecular weight excluding hydrogens is 342 g/mol. The maximum absolute atomic E-state index is 13.1. The number of H-pyrrole nitrogens is 1. The van der Waals surface area contributed by atoms with Gasteiger partial charge in [0, 0.05) is 43.7 Å². The molecular formula is C19H23N7O. The van der Waals surface area contributed by atoms with E-state index in [1.807, 2.05) is 27.8 Å². The lowest BCUT2D eigenvalue weighted by molar-refractivity contribution is 0.192. The fraction of sp³-hybridized carbons (Fsp3) is 0.368. The molecule has 0 aliphatic carbocycles. The van der Waals surface area contributed by atoms with Crippen LogP contribution in [-0.2, 0) is 13.0 Å². The Labute approximate surface area is 157 Å². The Bertz CT molecular complexity index is 902. The molecule has 3 aromatic rings. The molecule has 0 fully saturated rings. The number of aryl methyl sites for hydroxylation is 1. The number of aromatic nitrogens is 5. The maximum Gasteiger partial charge on any atom is 0.323 e. The number of amides is 2. The highest BCUT2D eigenvalue weighted by Crippen LogP contribution is 2.33. The maximum atomic E-state index is 13.1. The van der Waals surface area contributed by atoms with E-state index in [0.717, 1.165) is 42.8 Å². The molecule has 27 heavy (non-hydrogen) atoms. The van der Waals surface area contributed by atoms with Gasteiger partial charge in [0.05, 0.1) is 18.2 Å². The van der Waals surface area contributed by atoms with Crippen LogP contribution in [0.25, 0.3) is 0 Å². The molecule has 0 saturated carbocycles. The molecule has 0 saturated heterocycles. The van der Waals surface area contributed by atoms with Gasteiger partial charge in [-0.05, 0) is 18.1 Å². The van der Waals surface area contributed by atoms with E-state index in [9.17, 15) is 4.79 Å². The highest BCUT2D eigenvalue weighted by Gasteiger charge is 2.34. The molecule has 8 nitrogen and oxygen atoms in total. The summed E-state index contributed by atoms with van der Waals surface area (Å²) in [6.07, 6.45) is 9.76. The Hall–Kier alpha value is -3.16. The molecule has 4 heterocycles. The third-order valence-electron chi connectivity index (χ3n) is 4.86. The SMILES string of the molecule is CCCCn1nccc1NC(=O)N1CCc2[nH]cnc2[C@H]1c1cccnc1. The van der Waals surface area contributed by atoms with Crippen molar-refractivity contribution in [2.45, 2.75) is 38.8 Å². The van der Waals surface area contributed by atoms with Crippen molar-refractivity contribution in [2.75, 3.05) is 11.9 Å². The predicted molar refractivity (Wildman–Crippen MR) is 101 cm³/mol. The van der Waals surface area contributed by atoms with Crippen LogP contribution in [0.4, 0.5) is 10.6 Å². The van der Waals surface area contributed by atoms with Crippen LogP contribution in [0, 0.1) is 0 Å². The second kappa shape index (κ2) is 7.61. The highest BCUT2D eigenvalue weighted by atomic mass is 16.2. The van der Waals surface area contributed by atoms with Crippen LogP contribution in [0.1, 0.15) is 42.8 Å². The number of hydrogen-bond acceptors (Lipinski definition) is 4. The van der Waals surface area contributed by atoms with E-state index in [-0.39, 0.29) is 12.1 Å². The molecule has 0 aromatic carbocycles. The van der Waals surface area contributed by atoms with Gasteiger partial charge in [-0.3, -0.25) is 10.3 Å². The number of anilines is 1. The van der Waals surface area contributed by atoms with E-state index in [1.54, 1.807) is 24.9 Å². The second-order valence-corrected chi connectivity index (χ2v) is 6.62. The number of hydrogen-bond donors (Lipinski definition) is 2. The summed E-state index contributed by atoms with van der Waals surface area (Å²) < 4.78 is 1.84. The van der Waals surface area contributed by atoms with Crippen molar-refractivity contribution in [3.8, 4) is 0 Å². The van der Waals surface area contributed by atoms with E-state index in [4.69, 9.17) is 0 Å². The van der Waals surface area contributed by atoms with Crippen LogP contribution in [0.2, 0.25) is 0 Å². The third-order valence-corrected chi connectivity index (χ3v) is 4.86. The summed E-state index contributed by atoms with van der Waals surface area (Å²) in [6, 6.07) is 5.27. The van der Waals surface area contributed by atoms with Crippen molar-refractivity contribution in [3.63, 3.8) is 0 Å². The Balaban J connectivity index is 1.60. The molecule has 1 aliphatic heterocycles. The Kier molecular flexibility index (Phi) is 4.86. The first-order chi connectivity index (χ1) is 13.3. The van der Waals surface area contributed by atoms with Gasteiger partial charge in [0.25, 0.3) is 0 Å². The third kappa shape index (κ3) is 3.42. The van der Waals surface area contributed by atoms with Crippen LogP contribution >= 0.6 is 0 Å². The lowest BCUT2D eigenvalue weighted by atomic mass is 9.97. The number of rotatable bonds is 5. The minimum atomic E-state index is -0.263. The van der Waals surface area contributed by atoms with Gasteiger partial charge < -0.3 is 9.88 Å². The molecule has 2 amide bonds. The lowest BCUT2D eigenvalue weighted by Gasteiger charge is -2.35. The van der Waals surface area contributed by atoms with E-state index in [1.165, 1.54) is 0 Å². The van der Waals surface area contributed by atoms with E-state index >= 15 is 0 Å². The Morgan fingerprint density at radius 2 is 2.30 bits per heavy atom. The first kappa shape index (κ1) is 17.3. The summed E-state index contributed by atoms with van der Waals surface area (Å²) in [7, 11) is 0. The number of carbonyl (C=O) groups excluding carboxylic acids is 1. The highest BCUT2D eigenvalue weighted by molar-refractivity contribution is 5.89. The van der Waals surface area contributed by atoms with Crippen LogP contribution in [-0.4, -0.2) is 42.2 Å². The molecule has 0 bridgehead atoms. The quantitative estimate of drug-likeness (QED) is 0.727. The van der Waals surface area contributed by atoms with Crippen LogP contribution in [0.5, 0.6) is 0 Å². The number of urea groups is 1. The first-order valence-corrected chi connectivity index (χ1v) is 9.29. The van der Waals surface area contributed by atoms with Gasteiger partial charge >= 0.3 is 6.03 Å². The van der Waals surface area contributed by atoms with Crippen molar-refractivity contribution in [1.29, 1.82) is 0 Å². The standard InChI is InChI=1S/C19H23N7O/c1-2-3-10-26-16(6-9-23-26)24-19(27)25-11-7-15-17(22-13-21-15)18(25)14-5-4-8-20-12-14/h4-6,8-9,12-13,18H,2-3,7,10-11H2,1H3,(H,21,22)(H,24,27)/t18-/m1/s1. The number of carbonyl (C=O) groups is 1. The van der Waals surface area contributed by atoms with Crippen molar-refractivity contribution in [3.05, 3.63) is 60.1 Å². The lowest BCUT2D eigenvalue weighted by Crippen LogP contribution is -2.43. The molecule has 140 valence electrons. The molecule has 2 N–H and O–H groups in total. The van der Waals surface area contributed by atoms with Gasteiger partial charge in [0.15, 0.2) is 0 Å². The molecule has 0 spiro atoms. The van der Waals surface area contributed by atoms with Crippen LogP contribution < -0.4 is 5.32 Å². The van der Waals surface area contributed by atoms with Gasteiger partial charge in [-0.15, -0.1) is 0 Å². The van der Waals surface area contributed by atoms with Crippen LogP contribution in [0.3, 0.4) is 0 Å². The van der Waals surface area contributed by atoms with E-state index in [2.05, 4.69) is 32.3 Å². The molecule has 0 unspecified atom stereocenters. The number of nitrogens with one attached hydrogen (secondary N) is 2. The molecule has 4 rings (SSSR count). The summed E-state index contributed by atoms with van der Waals surface area (Å²) in [5, 5.41) is 7.33. The minimum absolute atomic E-state index is 0.157. The summed E-state index contributed by atoms with van der Waals surface area (Å²) in [5.41, 5.74) is 2.89. The smallest absolute Gasteiger partial charge is 0.323 e. The van der Waals surface area contributed by atoms with Crippen molar-refractivity contribution >= 4 is 11.8 Å². The normalized spacial score (nSPS) is 16.2. The Morgan fingerprint density at radius 3 is 3.11 bits per heavy atom. The molecule has 8 heteroatoms. The predicted octanol–water partition coefficient (Wildman–Crippen LogP) is 2.98. The number of pyridine rings is 1. The largest absolute Gasteiger partial charge is 0.348 e. The summed E-state index contributed by atoms with van der Waals surface area (Å²) in [6.45, 7) is 3.52. The zero-order valence-corrected chi connectivity index (χ0v) is 15.3. The molecule has 3 aromatic heterocycles. The summed E-state index contributed by atoms with van der Waals surface area (Å²) >= 11 is 0. The topological polar surface area (TPSA) is 91.7 Å². The zero-order chi connectivity index (χ0) is 18.6. The fourth-order valence-corrected chi connectivity index (χ4v) is 3.48. The number of nitrogens with zero attached hydrogens (tertiary/aromatic N) is 5. The zero-order valence-electron chi connectivity index (χ0n) is 15.3. The number of imidazole rings is 1. The summed E-state index contributed by atoms with van der Waals surface area (Å²) in [4.78, 5) is 26.8. The second-order valence-electron chi connectivity index (χ2n) is 6.62. The van der Waals surface area contributed by atoms with E-state index in [0.29, 0.717) is 12.4 Å². The summed E-state index contributed by atoms with van der Waals surface area (Å²) in [5.74, 6) is 0.714. The molecule has 1 aliphatic rings. The van der Waals surface area contributed by atoms with Crippen LogP contribution in [0.15, 0.2) is 43.1 Å². The minimum Gasteiger partial charge on any atom is -0.348 e. The molecule has 1 atom stereocenters. The number of unbranched alkanes of at least 4 members (excludes halogenated alkanes) is 1. The monoisotopic (exact) mass is 365 g/mol. The number of fused-ring (bicyclic) bond motifs is 1. The van der Waals surface area contributed by atoms with E-state index < -0.39 is 0 Å². The average molecular weight is 365 g/mol. The van der Waals surface area contributed by atoms with Gasteiger partial charge in [-0.2, -0.15) is 5.10 Å².